The smallest absolute Gasteiger partial charge is 0.123 e. The number of aromatic nitrogens is 2. The monoisotopic (exact) mass is 344 g/mol. The van der Waals surface area contributed by atoms with Gasteiger partial charge in [-0.2, -0.15) is 0 Å². The third kappa shape index (κ3) is 2.86. The fourth-order valence-corrected chi connectivity index (χ4v) is 2.88. The number of fused-ring (bicyclic) bond motifs is 1. The van der Waals surface area contributed by atoms with Crippen molar-refractivity contribution in [2.45, 2.75) is 0 Å². The molecule has 4 aromatic rings. The molecule has 0 bridgehead atoms. The number of para-hydroxylation sites is 1. The van der Waals surface area contributed by atoms with Crippen molar-refractivity contribution in [1.82, 2.24) is 9.97 Å². The van der Waals surface area contributed by atoms with Gasteiger partial charge in [0.15, 0.2) is 0 Å². The van der Waals surface area contributed by atoms with Crippen LogP contribution in [0.1, 0.15) is 5.56 Å². The van der Waals surface area contributed by atoms with E-state index in [4.69, 9.17) is 9.97 Å². The van der Waals surface area contributed by atoms with Crippen LogP contribution < -0.4 is 0 Å². The first kappa shape index (κ1) is 16.1. The van der Waals surface area contributed by atoms with Crippen molar-refractivity contribution in [3.05, 3.63) is 90.5 Å². The third-order valence-electron chi connectivity index (χ3n) is 4.18. The summed E-state index contributed by atoms with van der Waals surface area (Å²) < 4.78 is 26.7. The summed E-state index contributed by atoms with van der Waals surface area (Å²) in [7, 11) is 0. The Kier molecular flexibility index (Phi) is 4.01. The minimum absolute atomic E-state index is 0.320. The molecule has 26 heavy (non-hydrogen) atoms. The van der Waals surface area contributed by atoms with Crippen LogP contribution >= 0.6 is 0 Å². The fraction of sp³-hybridized carbons (Fsp3) is 0. The molecule has 0 aliphatic heterocycles. The van der Waals surface area contributed by atoms with E-state index in [0.29, 0.717) is 22.4 Å². The maximum absolute atomic E-state index is 13.4. The Labute approximate surface area is 149 Å². The summed E-state index contributed by atoms with van der Waals surface area (Å²) in [6.45, 7) is 3.83. The minimum atomic E-state index is -0.322. The van der Waals surface area contributed by atoms with Gasteiger partial charge in [0.25, 0.3) is 0 Å². The van der Waals surface area contributed by atoms with Crippen molar-refractivity contribution >= 4 is 17.1 Å². The van der Waals surface area contributed by atoms with Crippen LogP contribution in [0.3, 0.4) is 0 Å². The number of rotatable bonds is 3. The van der Waals surface area contributed by atoms with Crippen molar-refractivity contribution in [2.24, 2.45) is 0 Å². The molecule has 1 aromatic heterocycles. The summed E-state index contributed by atoms with van der Waals surface area (Å²) in [5.41, 5.74) is 5.00. The van der Waals surface area contributed by atoms with Gasteiger partial charge < -0.3 is 0 Å². The number of hydrogen-bond donors (Lipinski definition) is 0. The van der Waals surface area contributed by atoms with Gasteiger partial charge in [-0.05, 0) is 54.6 Å². The number of nitrogens with zero attached hydrogens (tertiary/aromatic N) is 2. The standard InChI is InChI=1S/C22H14F2N2/c1-2-14-4-3-5-19-20(14)26-22(16-8-12-18(24)13-9-16)21(25-19)15-6-10-17(23)11-7-15/h2-13H,1H2. The summed E-state index contributed by atoms with van der Waals surface area (Å²) in [5.74, 6) is -0.641. The Morgan fingerprint density at radius 2 is 1.23 bits per heavy atom. The van der Waals surface area contributed by atoms with Crippen LogP contribution in [0.25, 0.3) is 39.6 Å². The van der Waals surface area contributed by atoms with E-state index in [0.717, 1.165) is 16.7 Å². The van der Waals surface area contributed by atoms with E-state index >= 15 is 0 Å². The molecular weight excluding hydrogens is 330 g/mol. The molecule has 4 heteroatoms. The molecule has 0 aliphatic rings. The summed E-state index contributed by atoms with van der Waals surface area (Å²) in [6.07, 6.45) is 1.73. The van der Waals surface area contributed by atoms with Gasteiger partial charge in [-0.25, -0.2) is 18.7 Å². The lowest BCUT2D eigenvalue weighted by atomic mass is 10.0. The molecule has 0 aliphatic carbocycles. The van der Waals surface area contributed by atoms with Crippen LogP contribution in [0, 0.1) is 11.6 Å². The van der Waals surface area contributed by atoms with Gasteiger partial charge in [0, 0.05) is 16.7 Å². The Hall–Kier alpha value is -3.40. The van der Waals surface area contributed by atoms with Crippen molar-refractivity contribution in [2.75, 3.05) is 0 Å². The minimum Gasteiger partial charge on any atom is -0.244 e. The molecule has 0 fully saturated rings. The Balaban J connectivity index is 2.04. The van der Waals surface area contributed by atoms with Crippen molar-refractivity contribution in [3.63, 3.8) is 0 Å². The maximum atomic E-state index is 13.4. The van der Waals surface area contributed by atoms with E-state index < -0.39 is 0 Å². The molecular formula is C22H14F2N2. The highest BCUT2D eigenvalue weighted by molar-refractivity contribution is 5.90. The summed E-state index contributed by atoms with van der Waals surface area (Å²) in [4.78, 5) is 9.55. The quantitative estimate of drug-likeness (QED) is 0.463. The van der Waals surface area contributed by atoms with Gasteiger partial charge in [-0.3, -0.25) is 0 Å². The lowest BCUT2D eigenvalue weighted by Gasteiger charge is -2.12. The maximum Gasteiger partial charge on any atom is 0.123 e. The molecule has 0 N–H and O–H groups in total. The van der Waals surface area contributed by atoms with Crippen LogP contribution in [0.5, 0.6) is 0 Å². The third-order valence-corrected chi connectivity index (χ3v) is 4.18. The van der Waals surface area contributed by atoms with Gasteiger partial charge in [0.1, 0.15) is 11.6 Å². The van der Waals surface area contributed by atoms with E-state index in [1.165, 1.54) is 24.3 Å². The van der Waals surface area contributed by atoms with Crippen LogP contribution in [-0.4, -0.2) is 9.97 Å². The first-order valence-electron chi connectivity index (χ1n) is 8.11. The first-order chi connectivity index (χ1) is 12.7. The largest absolute Gasteiger partial charge is 0.244 e. The highest BCUT2D eigenvalue weighted by Crippen LogP contribution is 2.32. The molecule has 1 heterocycles. The average Bonchev–Trinajstić information content (AvgIpc) is 2.68. The number of benzene rings is 3. The van der Waals surface area contributed by atoms with Gasteiger partial charge in [0.2, 0.25) is 0 Å². The Morgan fingerprint density at radius 3 is 1.77 bits per heavy atom. The molecule has 0 saturated heterocycles. The molecule has 126 valence electrons. The fourth-order valence-electron chi connectivity index (χ4n) is 2.88. The van der Waals surface area contributed by atoms with Crippen LogP contribution in [0.2, 0.25) is 0 Å². The zero-order valence-electron chi connectivity index (χ0n) is 13.8. The molecule has 0 spiro atoms. The van der Waals surface area contributed by atoms with E-state index in [-0.39, 0.29) is 11.6 Å². The van der Waals surface area contributed by atoms with E-state index in [9.17, 15) is 8.78 Å². The molecule has 0 amide bonds. The van der Waals surface area contributed by atoms with Crippen molar-refractivity contribution in [3.8, 4) is 22.5 Å². The predicted octanol–water partition coefficient (Wildman–Crippen LogP) is 5.89. The lowest BCUT2D eigenvalue weighted by molar-refractivity contribution is 0.627. The molecule has 2 nitrogen and oxygen atoms in total. The highest BCUT2D eigenvalue weighted by Gasteiger charge is 2.14. The molecule has 0 unspecified atom stereocenters. The second kappa shape index (κ2) is 6.48. The van der Waals surface area contributed by atoms with Crippen molar-refractivity contribution in [1.29, 1.82) is 0 Å². The average molecular weight is 344 g/mol. The van der Waals surface area contributed by atoms with Gasteiger partial charge in [0.05, 0.1) is 22.4 Å². The van der Waals surface area contributed by atoms with Gasteiger partial charge in [-0.15, -0.1) is 0 Å². The summed E-state index contributed by atoms with van der Waals surface area (Å²) in [5, 5.41) is 0. The molecule has 0 saturated carbocycles. The molecule has 0 atom stereocenters. The Morgan fingerprint density at radius 1 is 0.692 bits per heavy atom. The Bertz CT molecular complexity index is 1100. The van der Waals surface area contributed by atoms with Crippen LogP contribution in [0.15, 0.2) is 73.3 Å². The molecule has 0 radical (unpaired) electrons. The summed E-state index contributed by atoms with van der Waals surface area (Å²) in [6, 6.07) is 17.9. The van der Waals surface area contributed by atoms with Gasteiger partial charge >= 0.3 is 0 Å². The topological polar surface area (TPSA) is 25.8 Å². The SMILES string of the molecule is C=Cc1cccc2nc(-c3ccc(F)cc3)c(-c3ccc(F)cc3)nc12. The van der Waals surface area contributed by atoms with E-state index in [1.807, 2.05) is 18.2 Å². The second-order valence-electron chi connectivity index (χ2n) is 5.85. The van der Waals surface area contributed by atoms with E-state index in [2.05, 4.69) is 6.58 Å². The second-order valence-corrected chi connectivity index (χ2v) is 5.85. The van der Waals surface area contributed by atoms with Crippen LogP contribution in [0.4, 0.5) is 8.78 Å². The zero-order valence-corrected chi connectivity index (χ0v) is 13.8. The molecule has 4 rings (SSSR count). The number of hydrogen-bond acceptors (Lipinski definition) is 2. The van der Waals surface area contributed by atoms with E-state index in [1.54, 1.807) is 30.3 Å². The van der Waals surface area contributed by atoms with Crippen molar-refractivity contribution < 1.29 is 8.78 Å². The normalized spacial score (nSPS) is 10.8. The van der Waals surface area contributed by atoms with Gasteiger partial charge in [-0.1, -0.05) is 24.8 Å². The first-order valence-corrected chi connectivity index (χ1v) is 8.11. The molecule has 3 aromatic carbocycles. The predicted molar refractivity (Wildman–Crippen MR) is 100 cm³/mol. The highest BCUT2D eigenvalue weighted by atomic mass is 19.1. The van der Waals surface area contributed by atoms with Crippen LogP contribution in [-0.2, 0) is 0 Å². The lowest BCUT2D eigenvalue weighted by Crippen LogP contribution is -1.97. The zero-order chi connectivity index (χ0) is 18.1. The number of halogens is 2. The summed E-state index contributed by atoms with van der Waals surface area (Å²) >= 11 is 0.